The summed E-state index contributed by atoms with van der Waals surface area (Å²) >= 11 is 0. The van der Waals surface area contributed by atoms with Crippen LogP contribution in [0.15, 0.2) is 66.9 Å². The summed E-state index contributed by atoms with van der Waals surface area (Å²) in [7, 11) is 1.61. The zero-order valence-corrected chi connectivity index (χ0v) is 14.5. The molecule has 0 atom stereocenters. The Morgan fingerprint density at radius 1 is 1.12 bits per heavy atom. The number of carbonyl (C=O) groups is 1. The molecule has 0 bridgehead atoms. The molecule has 2 aromatic carbocycles. The summed E-state index contributed by atoms with van der Waals surface area (Å²) in [5.41, 5.74) is 4.59. The molecule has 2 heterocycles. The number of benzene rings is 2. The molecule has 0 spiro atoms. The average Bonchev–Trinajstić information content (AvgIpc) is 3.13. The number of nitrogens with one attached hydrogen (secondary N) is 1. The Kier molecular flexibility index (Phi) is 4.27. The zero-order chi connectivity index (χ0) is 17.9. The van der Waals surface area contributed by atoms with Crippen molar-refractivity contribution in [3.05, 3.63) is 78.1 Å². The fraction of sp³-hybridized carbons (Fsp3) is 0.143. The number of aromatic nitrogens is 1. The minimum Gasteiger partial charge on any atom is -0.497 e. The molecule has 0 fully saturated rings. The quantitative estimate of drug-likeness (QED) is 0.775. The van der Waals surface area contributed by atoms with Gasteiger partial charge in [0.05, 0.1) is 7.11 Å². The Hall–Kier alpha value is -3.34. The van der Waals surface area contributed by atoms with Crippen LogP contribution < -0.4 is 15.0 Å². The van der Waals surface area contributed by atoms with Crippen LogP contribution in [0.5, 0.6) is 5.75 Å². The number of rotatable bonds is 4. The molecule has 1 amide bonds. The van der Waals surface area contributed by atoms with E-state index in [9.17, 15) is 4.79 Å². The van der Waals surface area contributed by atoms with Crippen LogP contribution >= 0.6 is 0 Å². The maximum atomic E-state index is 12.6. The number of hydrogen-bond donors (Lipinski definition) is 1. The fourth-order valence-corrected chi connectivity index (χ4v) is 3.19. The molecule has 26 heavy (non-hydrogen) atoms. The van der Waals surface area contributed by atoms with E-state index in [1.54, 1.807) is 37.6 Å². The summed E-state index contributed by atoms with van der Waals surface area (Å²) in [5.74, 6) is 0.514. The topological polar surface area (TPSA) is 54.5 Å². The molecule has 5 nitrogen and oxygen atoms in total. The summed E-state index contributed by atoms with van der Waals surface area (Å²) in [6, 6.07) is 19.3. The number of ether oxygens (including phenoxy) is 1. The first-order valence-corrected chi connectivity index (χ1v) is 8.51. The highest BCUT2D eigenvalue weighted by molar-refractivity contribution is 6.03. The second-order valence-electron chi connectivity index (χ2n) is 6.11. The standard InChI is InChI=1S/C21H19N3O2/c1-26-18-8-6-16(7-9-18)23-21(25)19-14-17(10-12-22-19)24-13-11-15-4-2-3-5-20(15)24/h2-10,12,14H,11,13H2,1H3,(H,23,25). The lowest BCUT2D eigenvalue weighted by atomic mass is 10.2. The lowest BCUT2D eigenvalue weighted by molar-refractivity contribution is 0.102. The number of fused-ring (bicyclic) bond motifs is 1. The minimum atomic E-state index is -0.232. The van der Waals surface area contributed by atoms with Crippen molar-refractivity contribution < 1.29 is 9.53 Å². The summed E-state index contributed by atoms with van der Waals surface area (Å²) in [6.45, 7) is 0.906. The summed E-state index contributed by atoms with van der Waals surface area (Å²) in [6.07, 6.45) is 2.69. The molecule has 0 saturated carbocycles. The fourth-order valence-electron chi connectivity index (χ4n) is 3.19. The molecule has 1 aromatic heterocycles. The van der Waals surface area contributed by atoms with Gasteiger partial charge < -0.3 is 15.0 Å². The van der Waals surface area contributed by atoms with Gasteiger partial charge in [0.1, 0.15) is 11.4 Å². The molecule has 0 saturated heterocycles. The first-order valence-electron chi connectivity index (χ1n) is 8.51. The van der Waals surface area contributed by atoms with Crippen LogP contribution in [0.25, 0.3) is 0 Å². The second kappa shape index (κ2) is 6.88. The number of hydrogen-bond acceptors (Lipinski definition) is 4. The SMILES string of the molecule is COc1ccc(NC(=O)c2cc(N3CCc4ccccc43)ccn2)cc1. The van der Waals surface area contributed by atoms with Gasteiger partial charge in [0.25, 0.3) is 5.91 Å². The zero-order valence-electron chi connectivity index (χ0n) is 14.5. The average molecular weight is 345 g/mol. The Morgan fingerprint density at radius 2 is 1.92 bits per heavy atom. The number of carbonyl (C=O) groups excluding carboxylic acids is 1. The Labute approximate surface area is 152 Å². The Balaban J connectivity index is 1.55. The van der Waals surface area contributed by atoms with E-state index in [-0.39, 0.29) is 5.91 Å². The van der Waals surface area contributed by atoms with Gasteiger partial charge in [0.2, 0.25) is 0 Å². The van der Waals surface area contributed by atoms with Crippen molar-refractivity contribution in [3.8, 4) is 5.75 Å². The first kappa shape index (κ1) is 16.1. The molecule has 1 aliphatic heterocycles. The highest BCUT2D eigenvalue weighted by atomic mass is 16.5. The number of amides is 1. The first-order chi connectivity index (χ1) is 12.7. The lowest BCUT2D eigenvalue weighted by Crippen LogP contribution is -2.17. The van der Waals surface area contributed by atoms with Gasteiger partial charge in [-0.1, -0.05) is 18.2 Å². The third-order valence-electron chi connectivity index (χ3n) is 4.52. The highest BCUT2D eigenvalue weighted by Crippen LogP contribution is 2.34. The Bertz CT molecular complexity index is 938. The maximum Gasteiger partial charge on any atom is 0.274 e. The van der Waals surface area contributed by atoms with E-state index in [4.69, 9.17) is 4.74 Å². The third kappa shape index (κ3) is 3.11. The molecular weight excluding hydrogens is 326 g/mol. The lowest BCUT2D eigenvalue weighted by Gasteiger charge is -2.19. The van der Waals surface area contributed by atoms with E-state index in [1.165, 1.54) is 11.3 Å². The van der Waals surface area contributed by atoms with Gasteiger partial charge in [-0.05, 0) is 54.4 Å². The molecule has 0 unspecified atom stereocenters. The van der Waals surface area contributed by atoms with Gasteiger partial charge in [-0.15, -0.1) is 0 Å². The van der Waals surface area contributed by atoms with E-state index >= 15 is 0 Å². The van der Waals surface area contributed by atoms with Crippen molar-refractivity contribution in [2.45, 2.75) is 6.42 Å². The predicted octanol–water partition coefficient (Wildman–Crippen LogP) is 4.04. The molecule has 1 aliphatic rings. The smallest absolute Gasteiger partial charge is 0.274 e. The number of pyridine rings is 1. The molecule has 0 radical (unpaired) electrons. The third-order valence-corrected chi connectivity index (χ3v) is 4.52. The van der Waals surface area contributed by atoms with Crippen LogP contribution in [0.3, 0.4) is 0 Å². The molecule has 5 heteroatoms. The van der Waals surface area contributed by atoms with Crippen LogP contribution in [0.1, 0.15) is 16.1 Å². The highest BCUT2D eigenvalue weighted by Gasteiger charge is 2.20. The van der Waals surface area contributed by atoms with Crippen LogP contribution in [-0.4, -0.2) is 24.5 Å². The van der Waals surface area contributed by atoms with E-state index < -0.39 is 0 Å². The van der Waals surface area contributed by atoms with E-state index in [0.717, 1.165) is 24.4 Å². The number of nitrogens with zero attached hydrogens (tertiary/aromatic N) is 2. The molecule has 1 N–H and O–H groups in total. The van der Waals surface area contributed by atoms with E-state index in [0.29, 0.717) is 11.4 Å². The van der Waals surface area contributed by atoms with Crippen LogP contribution in [0, 0.1) is 0 Å². The van der Waals surface area contributed by atoms with E-state index in [1.807, 2.05) is 18.2 Å². The molecular formula is C21H19N3O2. The number of methoxy groups -OCH3 is 1. The van der Waals surface area contributed by atoms with Gasteiger partial charge in [-0.3, -0.25) is 9.78 Å². The normalized spacial score (nSPS) is 12.6. The van der Waals surface area contributed by atoms with Crippen LogP contribution in [0.2, 0.25) is 0 Å². The van der Waals surface area contributed by atoms with Crippen molar-refractivity contribution >= 4 is 23.0 Å². The molecule has 130 valence electrons. The predicted molar refractivity (Wildman–Crippen MR) is 102 cm³/mol. The molecule has 4 rings (SSSR count). The van der Waals surface area contributed by atoms with Crippen molar-refractivity contribution in [1.82, 2.24) is 4.98 Å². The van der Waals surface area contributed by atoms with Gasteiger partial charge in [-0.25, -0.2) is 0 Å². The summed E-state index contributed by atoms with van der Waals surface area (Å²) in [5, 5.41) is 2.87. The largest absolute Gasteiger partial charge is 0.497 e. The van der Waals surface area contributed by atoms with Crippen LogP contribution in [-0.2, 0) is 6.42 Å². The van der Waals surface area contributed by atoms with Gasteiger partial charge >= 0.3 is 0 Å². The van der Waals surface area contributed by atoms with Crippen molar-refractivity contribution in [2.24, 2.45) is 0 Å². The number of para-hydroxylation sites is 1. The summed E-state index contributed by atoms with van der Waals surface area (Å²) in [4.78, 5) is 19.0. The monoisotopic (exact) mass is 345 g/mol. The van der Waals surface area contributed by atoms with Gasteiger partial charge in [0.15, 0.2) is 0 Å². The molecule has 0 aliphatic carbocycles. The maximum absolute atomic E-state index is 12.6. The van der Waals surface area contributed by atoms with Crippen molar-refractivity contribution in [1.29, 1.82) is 0 Å². The summed E-state index contributed by atoms with van der Waals surface area (Å²) < 4.78 is 5.13. The van der Waals surface area contributed by atoms with Crippen LogP contribution in [0.4, 0.5) is 17.1 Å². The van der Waals surface area contributed by atoms with Gasteiger partial charge in [0, 0.05) is 29.8 Å². The minimum absolute atomic E-state index is 0.232. The van der Waals surface area contributed by atoms with E-state index in [2.05, 4.69) is 33.4 Å². The van der Waals surface area contributed by atoms with Crippen molar-refractivity contribution in [2.75, 3.05) is 23.9 Å². The van der Waals surface area contributed by atoms with Crippen molar-refractivity contribution in [3.63, 3.8) is 0 Å². The Morgan fingerprint density at radius 3 is 2.73 bits per heavy atom. The molecule has 3 aromatic rings. The van der Waals surface area contributed by atoms with Gasteiger partial charge in [-0.2, -0.15) is 0 Å². The number of anilines is 3. The second-order valence-corrected chi connectivity index (χ2v) is 6.11.